The van der Waals surface area contributed by atoms with E-state index in [1.165, 1.54) is 5.69 Å². The SMILES string of the molecule is CN=C(NCc1nccn1CC(C)C)NC1CCN(c2ccccc2Br)C1.I. The molecule has 1 aliphatic heterocycles. The fraction of sp³-hybridized carbons (Fsp3) is 0.500. The van der Waals surface area contributed by atoms with Crippen LogP contribution < -0.4 is 15.5 Å². The minimum atomic E-state index is 0. The highest BCUT2D eigenvalue weighted by Crippen LogP contribution is 2.28. The summed E-state index contributed by atoms with van der Waals surface area (Å²) in [7, 11) is 1.82. The second-order valence-corrected chi connectivity index (χ2v) is 8.20. The topological polar surface area (TPSA) is 57.5 Å². The van der Waals surface area contributed by atoms with Gasteiger partial charge in [0.15, 0.2) is 5.96 Å². The maximum absolute atomic E-state index is 4.47. The van der Waals surface area contributed by atoms with Crippen LogP contribution >= 0.6 is 39.9 Å². The van der Waals surface area contributed by atoms with Crippen LogP contribution in [0.1, 0.15) is 26.1 Å². The molecular formula is C20H30BrIN6. The minimum Gasteiger partial charge on any atom is -0.368 e. The molecule has 2 heterocycles. The molecule has 1 atom stereocenters. The van der Waals surface area contributed by atoms with Crippen molar-refractivity contribution < 1.29 is 0 Å². The zero-order valence-electron chi connectivity index (χ0n) is 16.7. The van der Waals surface area contributed by atoms with Gasteiger partial charge in [0.05, 0.1) is 12.2 Å². The molecule has 0 bridgehead atoms. The van der Waals surface area contributed by atoms with Gasteiger partial charge in [-0.25, -0.2) is 4.98 Å². The lowest BCUT2D eigenvalue weighted by Crippen LogP contribution is -2.44. The molecule has 1 fully saturated rings. The Morgan fingerprint density at radius 2 is 2.14 bits per heavy atom. The van der Waals surface area contributed by atoms with Crippen LogP contribution in [0.4, 0.5) is 5.69 Å². The summed E-state index contributed by atoms with van der Waals surface area (Å²) in [5.41, 5.74) is 1.25. The molecule has 6 nitrogen and oxygen atoms in total. The van der Waals surface area contributed by atoms with Gasteiger partial charge >= 0.3 is 0 Å². The molecule has 0 spiro atoms. The first kappa shape index (κ1) is 23.0. The number of aromatic nitrogens is 2. The smallest absolute Gasteiger partial charge is 0.191 e. The predicted octanol–water partition coefficient (Wildman–Crippen LogP) is 3.86. The highest BCUT2D eigenvalue weighted by atomic mass is 127. The number of aliphatic imine (C=N–C) groups is 1. The second kappa shape index (κ2) is 11.0. The summed E-state index contributed by atoms with van der Waals surface area (Å²) in [5.74, 6) is 2.46. The van der Waals surface area contributed by atoms with Gasteiger partial charge in [0.2, 0.25) is 0 Å². The van der Waals surface area contributed by atoms with Crippen LogP contribution in [0.25, 0.3) is 0 Å². The van der Waals surface area contributed by atoms with Crippen LogP contribution in [0.2, 0.25) is 0 Å². The summed E-state index contributed by atoms with van der Waals surface area (Å²) in [6.07, 6.45) is 4.99. The monoisotopic (exact) mass is 560 g/mol. The second-order valence-electron chi connectivity index (χ2n) is 7.34. The summed E-state index contributed by atoms with van der Waals surface area (Å²) in [5, 5.41) is 6.96. The van der Waals surface area contributed by atoms with E-state index in [0.29, 0.717) is 18.5 Å². The Hall–Kier alpha value is -1.29. The molecule has 0 aliphatic carbocycles. The van der Waals surface area contributed by atoms with Crippen molar-refractivity contribution in [2.45, 2.75) is 39.4 Å². The zero-order chi connectivity index (χ0) is 19.2. The van der Waals surface area contributed by atoms with E-state index in [1.807, 2.05) is 25.5 Å². The van der Waals surface area contributed by atoms with Gasteiger partial charge in [0.1, 0.15) is 5.82 Å². The zero-order valence-corrected chi connectivity index (χ0v) is 20.6. The van der Waals surface area contributed by atoms with Gasteiger partial charge in [-0.2, -0.15) is 0 Å². The molecule has 1 aliphatic rings. The third-order valence-electron chi connectivity index (χ3n) is 4.72. The first-order valence-corrected chi connectivity index (χ1v) is 10.3. The molecule has 1 aromatic heterocycles. The van der Waals surface area contributed by atoms with Gasteiger partial charge in [-0.1, -0.05) is 26.0 Å². The average Bonchev–Trinajstić information content (AvgIpc) is 3.28. The molecular weight excluding hydrogens is 531 g/mol. The molecule has 2 N–H and O–H groups in total. The fourth-order valence-corrected chi connectivity index (χ4v) is 3.96. The number of para-hydroxylation sites is 1. The number of guanidine groups is 1. The maximum Gasteiger partial charge on any atom is 0.191 e. The predicted molar refractivity (Wildman–Crippen MR) is 131 cm³/mol. The molecule has 1 aromatic carbocycles. The lowest BCUT2D eigenvalue weighted by molar-refractivity contribution is 0.503. The number of hydrogen-bond acceptors (Lipinski definition) is 3. The van der Waals surface area contributed by atoms with E-state index in [9.17, 15) is 0 Å². The van der Waals surface area contributed by atoms with Gasteiger partial charge in [-0.3, -0.25) is 4.99 Å². The average molecular weight is 561 g/mol. The van der Waals surface area contributed by atoms with Crippen molar-refractivity contribution in [3.05, 3.63) is 47.0 Å². The van der Waals surface area contributed by atoms with E-state index in [-0.39, 0.29) is 24.0 Å². The van der Waals surface area contributed by atoms with Crippen molar-refractivity contribution >= 4 is 51.6 Å². The van der Waals surface area contributed by atoms with Crippen LogP contribution in [0.5, 0.6) is 0 Å². The number of rotatable bonds is 6. The lowest BCUT2D eigenvalue weighted by Gasteiger charge is -2.21. The lowest BCUT2D eigenvalue weighted by atomic mass is 10.2. The molecule has 3 rings (SSSR count). The Balaban J connectivity index is 0.00000280. The largest absolute Gasteiger partial charge is 0.368 e. The highest BCUT2D eigenvalue weighted by molar-refractivity contribution is 14.0. The summed E-state index contributed by atoms with van der Waals surface area (Å²) >= 11 is 3.65. The Labute approximate surface area is 193 Å². The van der Waals surface area contributed by atoms with Crippen molar-refractivity contribution in [2.24, 2.45) is 10.9 Å². The van der Waals surface area contributed by atoms with Gasteiger partial charge in [0.25, 0.3) is 0 Å². The Kier molecular flexibility index (Phi) is 9.07. The van der Waals surface area contributed by atoms with E-state index >= 15 is 0 Å². The van der Waals surface area contributed by atoms with Gasteiger partial charge in [-0.05, 0) is 40.4 Å². The molecule has 2 aromatic rings. The van der Waals surface area contributed by atoms with Crippen molar-refractivity contribution in [1.29, 1.82) is 0 Å². The number of imidazole rings is 1. The molecule has 1 saturated heterocycles. The van der Waals surface area contributed by atoms with E-state index in [4.69, 9.17) is 0 Å². The van der Waals surface area contributed by atoms with Crippen molar-refractivity contribution in [3.63, 3.8) is 0 Å². The van der Waals surface area contributed by atoms with E-state index in [2.05, 4.69) is 78.1 Å². The number of anilines is 1. The Morgan fingerprint density at radius 1 is 1.36 bits per heavy atom. The van der Waals surface area contributed by atoms with Crippen LogP contribution in [0.3, 0.4) is 0 Å². The minimum absolute atomic E-state index is 0. The molecule has 1 unspecified atom stereocenters. The number of hydrogen-bond donors (Lipinski definition) is 2. The van der Waals surface area contributed by atoms with Crippen LogP contribution in [-0.4, -0.2) is 41.7 Å². The van der Waals surface area contributed by atoms with Gasteiger partial charge in [-0.15, -0.1) is 24.0 Å². The van der Waals surface area contributed by atoms with Crippen molar-refractivity contribution in [2.75, 3.05) is 25.0 Å². The summed E-state index contributed by atoms with van der Waals surface area (Å²) < 4.78 is 3.35. The summed E-state index contributed by atoms with van der Waals surface area (Å²) in [4.78, 5) is 11.3. The summed E-state index contributed by atoms with van der Waals surface area (Å²) in [6.45, 7) is 8.08. The molecule has 0 saturated carbocycles. The quantitative estimate of drug-likeness (QED) is 0.320. The molecule has 28 heavy (non-hydrogen) atoms. The van der Waals surface area contributed by atoms with Crippen LogP contribution in [0.15, 0.2) is 46.1 Å². The normalized spacial score (nSPS) is 17.0. The van der Waals surface area contributed by atoms with E-state index in [1.54, 1.807) is 0 Å². The standard InChI is InChI=1S/C20H29BrN6.HI/c1-15(2)13-27-11-9-23-19(27)12-24-20(22-3)25-16-8-10-26(14-16)18-7-5-4-6-17(18)21;/h4-7,9,11,15-16H,8,10,12-14H2,1-3H3,(H2,22,24,25);1H. The van der Waals surface area contributed by atoms with Crippen LogP contribution in [-0.2, 0) is 13.1 Å². The van der Waals surface area contributed by atoms with E-state index in [0.717, 1.165) is 42.3 Å². The first-order valence-electron chi connectivity index (χ1n) is 9.53. The van der Waals surface area contributed by atoms with Gasteiger partial charge in [0, 0.05) is 49.6 Å². The molecule has 0 radical (unpaired) electrons. The highest BCUT2D eigenvalue weighted by Gasteiger charge is 2.24. The van der Waals surface area contributed by atoms with Gasteiger partial charge < -0.3 is 20.1 Å². The van der Waals surface area contributed by atoms with Crippen molar-refractivity contribution in [1.82, 2.24) is 20.2 Å². The summed E-state index contributed by atoms with van der Waals surface area (Å²) in [6, 6.07) is 8.76. The molecule has 8 heteroatoms. The maximum atomic E-state index is 4.47. The fourth-order valence-electron chi connectivity index (χ4n) is 3.42. The number of benzene rings is 1. The van der Waals surface area contributed by atoms with Crippen LogP contribution in [0, 0.1) is 5.92 Å². The Bertz CT molecular complexity index is 776. The first-order chi connectivity index (χ1) is 13.1. The third kappa shape index (κ3) is 6.10. The number of nitrogens with zero attached hydrogens (tertiary/aromatic N) is 4. The Morgan fingerprint density at radius 3 is 2.86 bits per heavy atom. The van der Waals surface area contributed by atoms with E-state index < -0.39 is 0 Å². The third-order valence-corrected chi connectivity index (χ3v) is 5.39. The molecule has 0 amide bonds. The number of halogens is 2. The molecule has 154 valence electrons. The number of nitrogens with one attached hydrogen (secondary N) is 2. The van der Waals surface area contributed by atoms with Crippen molar-refractivity contribution in [3.8, 4) is 0 Å².